The summed E-state index contributed by atoms with van der Waals surface area (Å²) in [6, 6.07) is 0. The predicted octanol–water partition coefficient (Wildman–Crippen LogP) is 1.27. The lowest BCUT2D eigenvalue weighted by Crippen LogP contribution is -2.06. The lowest BCUT2D eigenvalue weighted by Gasteiger charge is -2.07. The molecule has 0 N–H and O–H groups in total. The molecule has 0 bridgehead atoms. The standard InChI is InChI=1S/C9H12N4/c1-3-4-8-12-9-7(5-13(8)2)10-6-11-9/h5-6H,3-4H2,1-2H3. The van der Waals surface area contributed by atoms with Crippen LogP contribution in [0.25, 0.3) is 11.5 Å². The van der Waals surface area contributed by atoms with Crippen molar-refractivity contribution in [3.8, 4) is 11.5 Å². The van der Waals surface area contributed by atoms with Gasteiger partial charge in [0, 0.05) is 19.7 Å². The van der Waals surface area contributed by atoms with Crippen LogP contribution in [0.15, 0.2) is 12.5 Å². The molecule has 0 saturated carbocycles. The molecule has 0 aromatic rings. The summed E-state index contributed by atoms with van der Waals surface area (Å²) in [5, 5.41) is 0. The van der Waals surface area contributed by atoms with Crippen LogP contribution in [-0.4, -0.2) is 19.5 Å². The minimum absolute atomic E-state index is 0.751. The highest BCUT2D eigenvalue weighted by molar-refractivity contribution is 5.48. The zero-order chi connectivity index (χ0) is 9.26. The molecule has 0 aliphatic carbocycles. The van der Waals surface area contributed by atoms with Gasteiger partial charge in [-0.2, -0.15) is 0 Å². The lowest BCUT2D eigenvalue weighted by molar-refractivity contribution is 0.723. The van der Waals surface area contributed by atoms with E-state index in [2.05, 4.69) is 21.9 Å². The Bertz CT molecular complexity index is 379. The van der Waals surface area contributed by atoms with E-state index in [0.717, 1.165) is 30.2 Å². The van der Waals surface area contributed by atoms with Gasteiger partial charge in [0.2, 0.25) is 0 Å². The van der Waals surface area contributed by atoms with Crippen molar-refractivity contribution < 1.29 is 0 Å². The average molecular weight is 176 g/mol. The van der Waals surface area contributed by atoms with Crippen LogP contribution >= 0.6 is 0 Å². The van der Waals surface area contributed by atoms with E-state index in [9.17, 15) is 0 Å². The van der Waals surface area contributed by atoms with Crippen molar-refractivity contribution in [1.82, 2.24) is 19.5 Å². The predicted molar refractivity (Wildman–Crippen MR) is 49.4 cm³/mol. The molecule has 2 heterocycles. The fourth-order valence-electron chi connectivity index (χ4n) is 1.36. The topological polar surface area (TPSA) is 43.6 Å². The fourth-order valence-corrected chi connectivity index (χ4v) is 1.36. The van der Waals surface area contributed by atoms with E-state index in [1.807, 2.05) is 17.8 Å². The van der Waals surface area contributed by atoms with Gasteiger partial charge in [-0.3, -0.25) is 0 Å². The van der Waals surface area contributed by atoms with Gasteiger partial charge in [0.15, 0.2) is 5.82 Å². The fraction of sp³-hybridized carbons (Fsp3) is 0.444. The molecule has 0 aromatic carbocycles. The quantitative estimate of drug-likeness (QED) is 0.692. The Labute approximate surface area is 77.0 Å². The summed E-state index contributed by atoms with van der Waals surface area (Å²) < 4.78 is 2.01. The molecule has 2 rings (SSSR count). The van der Waals surface area contributed by atoms with E-state index in [-0.39, 0.29) is 0 Å². The third-order valence-electron chi connectivity index (χ3n) is 2.04. The van der Waals surface area contributed by atoms with Gasteiger partial charge < -0.3 is 4.57 Å². The van der Waals surface area contributed by atoms with Crippen molar-refractivity contribution in [2.24, 2.45) is 7.05 Å². The molecule has 0 aromatic heterocycles. The van der Waals surface area contributed by atoms with Crippen LogP contribution in [0.4, 0.5) is 0 Å². The number of hydrogen-bond donors (Lipinski definition) is 0. The highest BCUT2D eigenvalue weighted by atomic mass is 15.1. The van der Waals surface area contributed by atoms with E-state index < -0.39 is 0 Å². The monoisotopic (exact) mass is 176 g/mol. The van der Waals surface area contributed by atoms with Crippen molar-refractivity contribution in [2.75, 3.05) is 0 Å². The van der Waals surface area contributed by atoms with Gasteiger partial charge in [-0.25, -0.2) is 15.0 Å². The van der Waals surface area contributed by atoms with Crippen LogP contribution in [0.3, 0.4) is 0 Å². The first-order chi connectivity index (χ1) is 6.31. The summed E-state index contributed by atoms with van der Waals surface area (Å²) >= 11 is 0. The number of nitrogens with zero attached hydrogens (tertiary/aromatic N) is 4. The highest BCUT2D eigenvalue weighted by Gasteiger charge is 2.09. The molecule has 4 heteroatoms. The number of imidazole rings is 1. The van der Waals surface area contributed by atoms with Crippen molar-refractivity contribution >= 4 is 0 Å². The van der Waals surface area contributed by atoms with Gasteiger partial charge in [0.05, 0.1) is 0 Å². The number of aromatic nitrogens is 4. The lowest BCUT2D eigenvalue weighted by atomic mass is 10.3. The molecule has 2 aliphatic heterocycles. The molecule has 0 amide bonds. The summed E-state index contributed by atoms with van der Waals surface area (Å²) in [7, 11) is 1.99. The van der Waals surface area contributed by atoms with Crippen LogP contribution < -0.4 is 0 Å². The molecule has 0 fully saturated rings. The first-order valence-electron chi connectivity index (χ1n) is 4.44. The Morgan fingerprint density at radius 3 is 3.00 bits per heavy atom. The van der Waals surface area contributed by atoms with Crippen molar-refractivity contribution in [3.63, 3.8) is 0 Å². The molecular weight excluding hydrogens is 164 g/mol. The molecular formula is C9H12N4. The Balaban J connectivity index is 2.51. The van der Waals surface area contributed by atoms with Gasteiger partial charge in [-0.15, -0.1) is 0 Å². The van der Waals surface area contributed by atoms with Crippen LogP contribution in [0.1, 0.15) is 19.2 Å². The third kappa shape index (κ3) is 1.39. The van der Waals surface area contributed by atoms with Gasteiger partial charge in [0.1, 0.15) is 17.8 Å². The third-order valence-corrected chi connectivity index (χ3v) is 2.04. The van der Waals surface area contributed by atoms with Crippen LogP contribution in [0, 0.1) is 0 Å². The van der Waals surface area contributed by atoms with E-state index in [1.165, 1.54) is 0 Å². The maximum absolute atomic E-state index is 4.41. The second-order valence-electron chi connectivity index (χ2n) is 3.10. The largest absolute Gasteiger partial charge is 0.337 e. The van der Waals surface area contributed by atoms with Crippen LogP contribution in [0.5, 0.6) is 0 Å². The van der Waals surface area contributed by atoms with Crippen molar-refractivity contribution in [2.45, 2.75) is 19.8 Å². The normalized spacial score (nSPS) is 10.9. The second kappa shape index (κ2) is 3.12. The van der Waals surface area contributed by atoms with Crippen LogP contribution in [-0.2, 0) is 13.5 Å². The first-order valence-corrected chi connectivity index (χ1v) is 4.44. The number of fused-ring (bicyclic) bond motifs is 1. The summed E-state index contributed by atoms with van der Waals surface area (Å²) in [4.78, 5) is 12.6. The van der Waals surface area contributed by atoms with Crippen molar-refractivity contribution in [3.05, 3.63) is 18.3 Å². The maximum Gasteiger partial charge on any atom is 0.182 e. The number of rotatable bonds is 2. The van der Waals surface area contributed by atoms with Gasteiger partial charge >= 0.3 is 0 Å². The Hall–Kier alpha value is -1.45. The van der Waals surface area contributed by atoms with Gasteiger partial charge in [-0.05, 0) is 6.42 Å². The molecule has 0 spiro atoms. The minimum Gasteiger partial charge on any atom is -0.337 e. The van der Waals surface area contributed by atoms with Gasteiger partial charge in [0.25, 0.3) is 0 Å². The number of aryl methyl sites for hydroxylation is 2. The van der Waals surface area contributed by atoms with E-state index in [1.54, 1.807) is 6.33 Å². The summed E-state index contributed by atoms with van der Waals surface area (Å²) in [6.07, 6.45) is 5.60. The first kappa shape index (κ1) is 8.16. The summed E-state index contributed by atoms with van der Waals surface area (Å²) in [5.74, 6) is 1.82. The van der Waals surface area contributed by atoms with Crippen molar-refractivity contribution in [1.29, 1.82) is 0 Å². The molecule has 4 nitrogen and oxygen atoms in total. The molecule has 13 heavy (non-hydrogen) atoms. The second-order valence-corrected chi connectivity index (χ2v) is 3.10. The average Bonchev–Trinajstić information content (AvgIpc) is 2.52. The molecule has 0 atom stereocenters. The zero-order valence-electron chi connectivity index (χ0n) is 7.86. The van der Waals surface area contributed by atoms with Gasteiger partial charge in [-0.1, -0.05) is 6.92 Å². The maximum atomic E-state index is 4.41. The molecule has 0 saturated heterocycles. The zero-order valence-corrected chi connectivity index (χ0v) is 7.86. The molecule has 0 radical (unpaired) electrons. The Morgan fingerprint density at radius 1 is 1.38 bits per heavy atom. The molecule has 68 valence electrons. The number of hydrogen-bond acceptors (Lipinski definition) is 3. The molecule has 2 aliphatic rings. The molecule has 0 unspecified atom stereocenters. The Kier molecular flexibility index (Phi) is 1.96. The summed E-state index contributed by atoms with van der Waals surface area (Å²) in [6.45, 7) is 2.14. The van der Waals surface area contributed by atoms with E-state index >= 15 is 0 Å². The van der Waals surface area contributed by atoms with E-state index in [4.69, 9.17) is 0 Å². The highest BCUT2D eigenvalue weighted by Crippen LogP contribution is 2.14. The van der Waals surface area contributed by atoms with Crippen LogP contribution in [0.2, 0.25) is 0 Å². The smallest absolute Gasteiger partial charge is 0.182 e. The minimum atomic E-state index is 0.751. The SMILES string of the molecule is CCCc1nc2ncnc-2cn1C. The Morgan fingerprint density at radius 2 is 2.23 bits per heavy atom. The van der Waals surface area contributed by atoms with E-state index in [0.29, 0.717) is 0 Å². The summed E-state index contributed by atoms with van der Waals surface area (Å²) in [5.41, 5.74) is 0.863.